The Bertz CT molecular complexity index is 1280. The molecule has 4 aromatic rings. The van der Waals surface area contributed by atoms with Crippen LogP contribution >= 0.6 is 35.0 Å². The van der Waals surface area contributed by atoms with Crippen molar-refractivity contribution in [2.75, 3.05) is 12.5 Å². The summed E-state index contributed by atoms with van der Waals surface area (Å²) in [5.74, 6) is 2.11. The molecule has 3 aromatic carbocycles. The predicted octanol–water partition coefficient (Wildman–Crippen LogP) is 6.66. The summed E-state index contributed by atoms with van der Waals surface area (Å²) in [7, 11) is 1.58. The maximum Gasteiger partial charge on any atom is 0.210 e. The van der Waals surface area contributed by atoms with E-state index in [1.54, 1.807) is 19.2 Å². The van der Waals surface area contributed by atoms with E-state index >= 15 is 0 Å². The van der Waals surface area contributed by atoms with Crippen molar-refractivity contribution in [2.24, 2.45) is 0 Å². The second-order valence-corrected chi connectivity index (χ2v) is 9.43. The Morgan fingerprint density at radius 1 is 0.971 bits per heavy atom. The Labute approximate surface area is 217 Å². The van der Waals surface area contributed by atoms with Gasteiger partial charge in [-0.15, -0.1) is 10.2 Å². The summed E-state index contributed by atoms with van der Waals surface area (Å²) in [4.78, 5) is 0. The number of benzene rings is 3. The standard InChI is InChI=1S/C25H23Cl2FN4O2S/c1-16-30-31-25(35-15-18-5-9-21(28)10-6-18)32(16)29-13-19-11-22(27)24(23(12-19)33-2)34-14-17-3-7-20(26)8-4-17/h3-12,29H,13-15H2,1-2H3. The van der Waals surface area contributed by atoms with Crippen LogP contribution in [0.3, 0.4) is 0 Å². The van der Waals surface area contributed by atoms with Gasteiger partial charge in [-0.3, -0.25) is 0 Å². The van der Waals surface area contributed by atoms with Crippen molar-refractivity contribution in [3.63, 3.8) is 0 Å². The van der Waals surface area contributed by atoms with Gasteiger partial charge >= 0.3 is 0 Å². The number of hydrogen-bond donors (Lipinski definition) is 1. The first-order chi connectivity index (χ1) is 16.9. The second-order valence-electron chi connectivity index (χ2n) is 7.64. The van der Waals surface area contributed by atoms with Crippen LogP contribution in [-0.4, -0.2) is 22.0 Å². The van der Waals surface area contributed by atoms with Crippen LogP contribution in [0.4, 0.5) is 4.39 Å². The lowest BCUT2D eigenvalue weighted by Gasteiger charge is -2.16. The minimum Gasteiger partial charge on any atom is -0.493 e. The fourth-order valence-corrected chi connectivity index (χ4v) is 4.60. The van der Waals surface area contributed by atoms with E-state index in [-0.39, 0.29) is 5.82 Å². The van der Waals surface area contributed by atoms with Crippen LogP contribution in [0.1, 0.15) is 22.5 Å². The fraction of sp³-hybridized carbons (Fsp3) is 0.200. The van der Waals surface area contributed by atoms with Gasteiger partial charge in [-0.2, -0.15) is 0 Å². The zero-order chi connectivity index (χ0) is 24.8. The maximum absolute atomic E-state index is 13.1. The van der Waals surface area contributed by atoms with Gasteiger partial charge < -0.3 is 14.9 Å². The lowest BCUT2D eigenvalue weighted by Crippen LogP contribution is -2.17. The molecule has 0 aliphatic rings. The van der Waals surface area contributed by atoms with Crippen LogP contribution in [0.25, 0.3) is 0 Å². The van der Waals surface area contributed by atoms with Gasteiger partial charge in [0.15, 0.2) is 11.5 Å². The van der Waals surface area contributed by atoms with Gasteiger partial charge in [0.05, 0.1) is 18.7 Å². The number of hydrogen-bond acceptors (Lipinski definition) is 6. The molecule has 0 aliphatic carbocycles. The zero-order valence-corrected chi connectivity index (χ0v) is 21.4. The van der Waals surface area contributed by atoms with Gasteiger partial charge in [0.1, 0.15) is 18.2 Å². The van der Waals surface area contributed by atoms with E-state index in [1.165, 1.54) is 23.9 Å². The molecule has 0 fully saturated rings. The minimum absolute atomic E-state index is 0.255. The van der Waals surface area contributed by atoms with E-state index in [0.717, 1.165) is 16.7 Å². The number of methoxy groups -OCH3 is 1. The molecule has 0 amide bonds. The van der Waals surface area contributed by atoms with E-state index in [9.17, 15) is 4.39 Å². The molecule has 0 bridgehead atoms. The SMILES string of the molecule is COc1cc(CNn2c(C)nnc2SCc2ccc(F)cc2)cc(Cl)c1OCc1ccc(Cl)cc1. The second kappa shape index (κ2) is 11.7. The van der Waals surface area contributed by atoms with Gasteiger partial charge in [-0.25, -0.2) is 9.07 Å². The molecular formula is C25H23Cl2FN4O2S. The molecule has 0 spiro atoms. The summed E-state index contributed by atoms with van der Waals surface area (Å²) in [6.07, 6.45) is 0. The quantitative estimate of drug-likeness (QED) is 0.230. The van der Waals surface area contributed by atoms with Crippen molar-refractivity contribution < 1.29 is 13.9 Å². The third-order valence-corrected chi connectivity index (χ3v) is 6.64. The fourth-order valence-electron chi connectivity index (χ4n) is 3.27. The highest BCUT2D eigenvalue weighted by Crippen LogP contribution is 2.37. The third kappa shape index (κ3) is 6.60. The first-order valence-electron chi connectivity index (χ1n) is 10.7. The molecule has 35 heavy (non-hydrogen) atoms. The average molecular weight is 533 g/mol. The van der Waals surface area contributed by atoms with Gasteiger partial charge in [0.2, 0.25) is 5.16 Å². The maximum atomic E-state index is 13.1. The van der Waals surface area contributed by atoms with Crippen molar-refractivity contribution >= 4 is 35.0 Å². The van der Waals surface area contributed by atoms with E-state index in [0.29, 0.717) is 51.4 Å². The summed E-state index contributed by atoms with van der Waals surface area (Å²) < 4.78 is 26.4. The van der Waals surface area contributed by atoms with Gasteiger partial charge in [-0.1, -0.05) is 59.2 Å². The molecule has 0 radical (unpaired) electrons. The summed E-state index contributed by atoms with van der Waals surface area (Å²) in [5, 5.41) is 10.2. The number of halogens is 3. The number of ether oxygens (including phenoxy) is 2. The van der Waals surface area contributed by atoms with Crippen molar-refractivity contribution in [3.8, 4) is 11.5 Å². The lowest BCUT2D eigenvalue weighted by molar-refractivity contribution is 0.284. The van der Waals surface area contributed by atoms with Crippen molar-refractivity contribution in [2.45, 2.75) is 31.0 Å². The number of aryl methyl sites for hydroxylation is 1. The topological polar surface area (TPSA) is 61.2 Å². The van der Waals surface area contributed by atoms with Crippen molar-refractivity contribution in [1.29, 1.82) is 0 Å². The number of thioether (sulfide) groups is 1. The van der Waals surface area contributed by atoms with Crippen LogP contribution in [0, 0.1) is 12.7 Å². The van der Waals surface area contributed by atoms with E-state index in [1.807, 2.05) is 48.0 Å². The molecular weight excluding hydrogens is 510 g/mol. The normalized spacial score (nSPS) is 10.9. The first-order valence-corrected chi connectivity index (χ1v) is 12.4. The summed E-state index contributed by atoms with van der Waals surface area (Å²) >= 11 is 14.0. The third-order valence-electron chi connectivity index (χ3n) is 5.10. The van der Waals surface area contributed by atoms with Crippen LogP contribution in [0.2, 0.25) is 10.0 Å². The van der Waals surface area contributed by atoms with Crippen molar-refractivity contribution in [1.82, 2.24) is 14.9 Å². The van der Waals surface area contributed by atoms with Crippen molar-refractivity contribution in [3.05, 3.63) is 99.0 Å². The molecule has 0 saturated carbocycles. The number of rotatable bonds is 10. The Hall–Kier alpha value is -2.94. The smallest absolute Gasteiger partial charge is 0.210 e. The summed E-state index contributed by atoms with van der Waals surface area (Å²) in [6, 6.07) is 17.5. The molecule has 0 saturated heterocycles. The Morgan fingerprint density at radius 3 is 2.40 bits per heavy atom. The Balaban J connectivity index is 1.42. The molecule has 0 unspecified atom stereocenters. The largest absolute Gasteiger partial charge is 0.493 e. The first kappa shape index (κ1) is 25.2. The molecule has 1 heterocycles. The van der Waals surface area contributed by atoms with Crippen LogP contribution in [0.15, 0.2) is 65.8 Å². The highest BCUT2D eigenvalue weighted by molar-refractivity contribution is 7.98. The lowest BCUT2D eigenvalue weighted by atomic mass is 10.2. The summed E-state index contributed by atoms with van der Waals surface area (Å²) in [6.45, 7) is 2.65. The average Bonchev–Trinajstić information content (AvgIpc) is 3.21. The molecule has 1 aromatic heterocycles. The molecule has 4 rings (SSSR count). The van der Waals surface area contributed by atoms with E-state index < -0.39 is 0 Å². The minimum atomic E-state index is -0.255. The predicted molar refractivity (Wildman–Crippen MR) is 138 cm³/mol. The zero-order valence-electron chi connectivity index (χ0n) is 19.1. The molecule has 0 atom stereocenters. The van der Waals surface area contributed by atoms with Crippen LogP contribution in [-0.2, 0) is 18.9 Å². The van der Waals surface area contributed by atoms with Gasteiger partial charge in [-0.05, 0) is 60.0 Å². The highest BCUT2D eigenvalue weighted by atomic mass is 35.5. The number of nitrogens with one attached hydrogen (secondary N) is 1. The van der Waals surface area contributed by atoms with Crippen LogP contribution < -0.4 is 14.9 Å². The van der Waals surface area contributed by atoms with E-state index in [2.05, 4.69) is 15.6 Å². The monoisotopic (exact) mass is 532 g/mol. The molecule has 182 valence electrons. The summed E-state index contributed by atoms with van der Waals surface area (Å²) in [5.41, 5.74) is 6.18. The van der Waals surface area contributed by atoms with Gasteiger partial charge in [0.25, 0.3) is 0 Å². The highest BCUT2D eigenvalue weighted by Gasteiger charge is 2.14. The molecule has 1 N–H and O–H groups in total. The van der Waals surface area contributed by atoms with Gasteiger partial charge in [0, 0.05) is 10.8 Å². The number of aromatic nitrogens is 3. The molecule has 10 heteroatoms. The Kier molecular flexibility index (Phi) is 8.38. The number of nitrogens with zero attached hydrogens (tertiary/aromatic N) is 3. The van der Waals surface area contributed by atoms with E-state index in [4.69, 9.17) is 32.7 Å². The Morgan fingerprint density at radius 2 is 1.69 bits per heavy atom. The molecule has 6 nitrogen and oxygen atoms in total. The van der Waals surface area contributed by atoms with Crippen LogP contribution in [0.5, 0.6) is 11.5 Å². The molecule has 0 aliphatic heterocycles.